The van der Waals surface area contributed by atoms with Crippen LogP contribution in [0.2, 0.25) is 0 Å². The van der Waals surface area contributed by atoms with Gasteiger partial charge in [0.15, 0.2) is 5.82 Å². The zero-order valence-corrected chi connectivity index (χ0v) is 22.2. The van der Waals surface area contributed by atoms with Gasteiger partial charge in [0.2, 0.25) is 5.95 Å². The summed E-state index contributed by atoms with van der Waals surface area (Å²) < 4.78 is 46.4. The molecule has 0 aromatic carbocycles. The van der Waals surface area contributed by atoms with Crippen LogP contribution in [0.15, 0.2) is 35.2 Å². The molecule has 3 heterocycles. The smallest absolute Gasteiger partial charge is 0.379 e. The van der Waals surface area contributed by atoms with Gasteiger partial charge in [-0.1, -0.05) is 5.57 Å². The van der Waals surface area contributed by atoms with E-state index in [1.54, 1.807) is 13.0 Å². The number of aromatic amines is 1. The second-order valence-electron chi connectivity index (χ2n) is 10.7. The third-order valence-corrected chi connectivity index (χ3v) is 8.11. The van der Waals surface area contributed by atoms with E-state index in [2.05, 4.69) is 55.6 Å². The standard InChI is InChI=1S/C27H36F3N7O/c1-16-13-23(17(2)12-21(16)19-4-6-20(7-5-19)37-8-10-38-11-9-37)32-26-31-15-22(27(28,29)30)25(34-26)33-24-14-18(3)35-36-24/h13-15,19-21H,4-12H2,1-3H3,(H3,31,32,33,34,35,36)/t19?,20?,21-/m1/s1. The van der Waals surface area contributed by atoms with Crippen molar-refractivity contribution in [2.75, 3.05) is 36.9 Å². The molecule has 11 heteroatoms. The number of morpholine rings is 1. The Bertz CT molecular complexity index is 1190. The van der Waals surface area contributed by atoms with Crippen LogP contribution < -0.4 is 10.6 Å². The van der Waals surface area contributed by atoms with Crippen molar-refractivity contribution in [3.63, 3.8) is 0 Å². The van der Waals surface area contributed by atoms with Crippen LogP contribution in [0.3, 0.4) is 0 Å². The Morgan fingerprint density at radius 2 is 1.79 bits per heavy atom. The first kappa shape index (κ1) is 26.7. The monoisotopic (exact) mass is 531 g/mol. The summed E-state index contributed by atoms with van der Waals surface area (Å²) in [6.07, 6.45) is 4.15. The lowest BCUT2D eigenvalue weighted by Gasteiger charge is -2.41. The number of halogens is 3. The molecule has 206 valence electrons. The Kier molecular flexibility index (Phi) is 7.76. The molecule has 0 radical (unpaired) electrons. The van der Waals surface area contributed by atoms with Gasteiger partial charge in [-0.05, 0) is 76.4 Å². The lowest BCUT2D eigenvalue weighted by Crippen LogP contribution is -2.45. The zero-order chi connectivity index (χ0) is 26.9. The van der Waals surface area contributed by atoms with Gasteiger partial charge in [-0.15, -0.1) is 0 Å². The zero-order valence-electron chi connectivity index (χ0n) is 22.2. The van der Waals surface area contributed by atoms with Gasteiger partial charge in [-0.3, -0.25) is 10.00 Å². The van der Waals surface area contributed by atoms with Crippen LogP contribution >= 0.6 is 0 Å². The Morgan fingerprint density at radius 3 is 2.45 bits per heavy atom. The van der Waals surface area contributed by atoms with Crippen molar-refractivity contribution in [3.05, 3.63) is 46.4 Å². The fourth-order valence-electron chi connectivity index (χ4n) is 6.02. The number of hydrogen-bond acceptors (Lipinski definition) is 7. The normalized spacial score (nSPS) is 25.3. The van der Waals surface area contributed by atoms with Gasteiger partial charge in [-0.2, -0.15) is 23.3 Å². The van der Waals surface area contributed by atoms with Crippen LogP contribution in [-0.2, 0) is 10.9 Å². The summed E-state index contributed by atoms with van der Waals surface area (Å²) in [5.74, 6) is 1.16. The maximum atomic E-state index is 13.6. The molecule has 3 aliphatic rings. The van der Waals surface area contributed by atoms with E-state index in [0.29, 0.717) is 17.9 Å². The van der Waals surface area contributed by atoms with Gasteiger partial charge >= 0.3 is 6.18 Å². The van der Waals surface area contributed by atoms with Gasteiger partial charge in [0, 0.05) is 42.8 Å². The minimum Gasteiger partial charge on any atom is -0.379 e. The number of rotatable bonds is 6. The van der Waals surface area contributed by atoms with Crippen molar-refractivity contribution in [2.24, 2.45) is 11.8 Å². The number of ether oxygens (including phenoxy) is 1. The summed E-state index contributed by atoms with van der Waals surface area (Å²) in [7, 11) is 0. The SMILES string of the molecule is CC1=CC(Nc2ncc(C(F)(F)F)c(Nc3cc(C)[nH]n3)n2)=C(C)C[C@H]1C1CCC(N2CCOCC2)CC1. The van der Waals surface area contributed by atoms with Gasteiger partial charge in [0.1, 0.15) is 11.4 Å². The lowest BCUT2D eigenvalue weighted by molar-refractivity contribution is -0.137. The first-order chi connectivity index (χ1) is 18.2. The largest absolute Gasteiger partial charge is 0.421 e. The molecule has 2 aromatic rings. The molecule has 3 N–H and O–H groups in total. The van der Waals surface area contributed by atoms with Crippen molar-refractivity contribution >= 4 is 17.6 Å². The highest BCUT2D eigenvalue weighted by atomic mass is 19.4. The highest BCUT2D eigenvalue weighted by molar-refractivity contribution is 5.59. The third kappa shape index (κ3) is 6.04. The van der Waals surface area contributed by atoms with Crippen molar-refractivity contribution < 1.29 is 17.9 Å². The van der Waals surface area contributed by atoms with Gasteiger partial charge in [-0.25, -0.2) is 4.98 Å². The first-order valence-corrected chi connectivity index (χ1v) is 13.4. The predicted octanol–water partition coefficient (Wildman–Crippen LogP) is 5.81. The van der Waals surface area contributed by atoms with Crippen LogP contribution in [-0.4, -0.2) is 57.4 Å². The molecular formula is C27H36F3N7O. The van der Waals surface area contributed by atoms with E-state index in [1.165, 1.54) is 31.3 Å². The molecule has 1 aliphatic heterocycles. The molecule has 38 heavy (non-hydrogen) atoms. The van der Waals surface area contributed by atoms with E-state index in [9.17, 15) is 13.2 Å². The summed E-state index contributed by atoms with van der Waals surface area (Å²) in [6.45, 7) is 9.77. The number of allylic oxidation sites excluding steroid dienone is 3. The Morgan fingerprint density at radius 1 is 1.05 bits per heavy atom. The molecule has 1 atom stereocenters. The average Bonchev–Trinajstić information content (AvgIpc) is 3.30. The number of hydrogen-bond donors (Lipinski definition) is 3. The highest BCUT2D eigenvalue weighted by Crippen LogP contribution is 2.42. The number of aromatic nitrogens is 4. The van der Waals surface area contributed by atoms with Gasteiger partial charge in [0.25, 0.3) is 0 Å². The van der Waals surface area contributed by atoms with Crippen LogP contribution in [0.5, 0.6) is 0 Å². The van der Waals surface area contributed by atoms with E-state index in [-0.39, 0.29) is 17.6 Å². The van der Waals surface area contributed by atoms with Crippen LogP contribution in [0.25, 0.3) is 0 Å². The highest BCUT2D eigenvalue weighted by Gasteiger charge is 2.36. The predicted molar refractivity (Wildman–Crippen MR) is 140 cm³/mol. The summed E-state index contributed by atoms with van der Waals surface area (Å²) in [5.41, 5.74) is 3.09. The fraction of sp³-hybridized carbons (Fsp3) is 0.593. The fourth-order valence-corrected chi connectivity index (χ4v) is 6.02. The van der Waals surface area contributed by atoms with E-state index in [1.807, 2.05) is 0 Å². The van der Waals surface area contributed by atoms with Crippen molar-refractivity contribution in [1.82, 2.24) is 25.1 Å². The molecule has 1 saturated heterocycles. The second kappa shape index (κ2) is 11.1. The average molecular weight is 532 g/mol. The van der Waals surface area contributed by atoms with Crippen molar-refractivity contribution in [3.8, 4) is 0 Å². The minimum atomic E-state index is -4.60. The molecule has 2 aliphatic carbocycles. The first-order valence-electron chi connectivity index (χ1n) is 13.4. The van der Waals surface area contributed by atoms with Crippen LogP contribution in [0.1, 0.15) is 57.2 Å². The minimum absolute atomic E-state index is 0.107. The Hall–Kier alpha value is -2.92. The van der Waals surface area contributed by atoms with Gasteiger partial charge in [0.05, 0.1) is 13.2 Å². The number of nitrogens with one attached hydrogen (secondary N) is 3. The molecule has 2 aromatic heterocycles. The summed E-state index contributed by atoms with van der Waals surface area (Å²) in [4.78, 5) is 10.7. The third-order valence-electron chi connectivity index (χ3n) is 8.11. The number of nitrogens with zero attached hydrogens (tertiary/aromatic N) is 4. The quantitative estimate of drug-likeness (QED) is 0.433. The van der Waals surface area contributed by atoms with Gasteiger partial charge < -0.3 is 15.4 Å². The Balaban J connectivity index is 1.26. The second-order valence-corrected chi connectivity index (χ2v) is 10.7. The molecule has 5 rings (SSSR count). The van der Waals surface area contributed by atoms with E-state index < -0.39 is 11.7 Å². The van der Waals surface area contributed by atoms with Crippen molar-refractivity contribution in [1.29, 1.82) is 0 Å². The van der Waals surface area contributed by atoms with E-state index >= 15 is 0 Å². The molecule has 0 spiro atoms. The topological polar surface area (TPSA) is 91.0 Å². The maximum absolute atomic E-state index is 13.6. The van der Waals surface area contributed by atoms with Crippen LogP contribution in [0, 0.1) is 18.8 Å². The molecule has 0 unspecified atom stereocenters. The molecule has 8 nitrogen and oxygen atoms in total. The van der Waals surface area contributed by atoms with E-state index in [0.717, 1.165) is 55.9 Å². The number of H-pyrrole nitrogens is 1. The summed E-state index contributed by atoms with van der Waals surface area (Å²) in [6, 6.07) is 2.28. The molecule has 0 amide bonds. The number of alkyl halides is 3. The number of anilines is 3. The lowest BCUT2D eigenvalue weighted by atomic mass is 9.71. The number of aryl methyl sites for hydroxylation is 1. The molecule has 1 saturated carbocycles. The maximum Gasteiger partial charge on any atom is 0.421 e. The van der Waals surface area contributed by atoms with Crippen LogP contribution in [0.4, 0.5) is 30.8 Å². The molecule has 0 bridgehead atoms. The Labute approximate surface area is 221 Å². The van der Waals surface area contributed by atoms with E-state index in [4.69, 9.17) is 4.74 Å². The summed E-state index contributed by atoms with van der Waals surface area (Å²) >= 11 is 0. The summed E-state index contributed by atoms with van der Waals surface area (Å²) in [5, 5.41) is 12.5. The molecule has 2 fully saturated rings. The molecular weight excluding hydrogens is 495 g/mol. The van der Waals surface area contributed by atoms with Crippen molar-refractivity contribution in [2.45, 2.75) is 65.1 Å².